The summed E-state index contributed by atoms with van der Waals surface area (Å²) in [5, 5.41) is 2.72. The van der Waals surface area contributed by atoms with E-state index in [1.807, 2.05) is 41.5 Å². The zero-order valence-corrected chi connectivity index (χ0v) is 26.7. The van der Waals surface area contributed by atoms with Crippen molar-refractivity contribution in [3.05, 3.63) is 12.2 Å². The summed E-state index contributed by atoms with van der Waals surface area (Å²) in [5.41, 5.74) is -0.394. The maximum Gasteiger partial charge on any atom is 0.333 e. The van der Waals surface area contributed by atoms with Crippen molar-refractivity contribution in [2.24, 2.45) is 10.8 Å². The molecule has 0 rings (SSSR count). The fourth-order valence-electron chi connectivity index (χ4n) is 3.16. The van der Waals surface area contributed by atoms with Crippen LogP contribution in [0.25, 0.3) is 0 Å². The van der Waals surface area contributed by atoms with Gasteiger partial charge in [-0.05, 0) is 40.0 Å². The summed E-state index contributed by atoms with van der Waals surface area (Å²) < 4.78 is 15.6. The van der Waals surface area contributed by atoms with E-state index in [9.17, 15) is 14.4 Å². The first-order chi connectivity index (χ1) is 18.4. The van der Waals surface area contributed by atoms with Gasteiger partial charge in [-0.25, -0.2) is 4.79 Å². The van der Waals surface area contributed by atoms with Crippen LogP contribution in [0.5, 0.6) is 0 Å². The minimum atomic E-state index is -0.427. The highest BCUT2D eigenvalue weighted by atomic mass is 16.6. The standard InChI is InChI=1S/C20H40O3.C12H21NO3/c1-5-7-8-9-10-11-12-13-14-15-16-22-17-18-23-19(21)20(3,4)6-2;1-6-12(4,5)11(15)13-7-8-16-10(14)9(2)3/h5-18H2,1-4H3;2,6-8H2,1,3-5H3,(H,13,15). The highest BCUT2D eigenvalue weighted by Crippen LogP contribution is 2.21. The number of nitrogens with one attached hydrogen (secondary N) is 1. The molecule has 0 unspecified atom stereocenters. The van der Waals surface area contributed by atoms with Crippen LogP contribution < -0.4 is 5.32 Å². The van der Waals surface area contributed by atoms with Crippen molar-refractivity contribution in [3.8, 4) is 0 Å². The van der Waals surface area contributed by atoms with Gasteiger partial charge >= 0.3 is 11.9 Å². The first-order valence-corrected chi connectivity index (χ1v) is 15.2. The van der Waals surface area contributed by atoms with Gasteiger partial charge in [0.1, 0.15) is 13.2 Å². The zero-order valence-electron chi connectivity index (χ0n) is 26.7. The van der Waals surface area contributed by atoms with E-state index < -0.39 is 5.97 Å². The number of carbonyl (C=O) groups excluding carboxylic acids is 3. The normalized spacial score (nSPS) is 11.3. The predicted molar refractivity (Wildman–Crippen MR) is 161 cm³/mol. The van der Waals surface area contributed by atoms with Gasteiger partial charge in [0.25, 0.3) is 0 Å². The molecule has 7 nitrogen and oxygen atoms in total. The average Bonchev–Trinajstić information content (AvgIpc) is 2.90. The van der Waals surface area contributed by atoms with Crippen molar-refractivity contribution >= 4 is 17.8 Å². The number of carbonyl (C=O) groups is 3. The Bertz CT molecular complexity index is 672. The van der Waals surface area contributed by atoms with Crippen LogP contribution in [0.3, 0.4) is 0 Å². The van der Waals surface area contributed by atoms with Gasteiger partial charge in [0.2, 0.25) is 5.91 Å². The summed E-state index contributed by atoms with van der Waals surface area (Å²) in [6, 6.07) is 0. The third kappa shape index (κ3) is 22.6. The van der Waals surface area contributed by atoms with Crippen LogP contribution in [0.4, 0.5) is 0 Å². The molecule has 7 heteroatoms. The maximum absolute atomic E-state index is 11.7. The van der Waals surface area contributed by atoms with E-state index in [1.165, 1.54) is 57.8 Å². The van der Waals surface area contributed by atoms with Gasteiger partial charge in [0.05, 0.1) is 18.6 Å². The second-order valence-corrected chi connectivity index (χ2v) is 11.6. The fourth-order valence-corrected chi connectivity index (χ4v) is 3.16. The first-order valence-electron chi connectivity index (χ1n) is 15.2. The monoisotopic (exact) mass is 555 g/mol. The number of amides is 1. The Kier molecular flexibility index (Phi) is 24.1. The molecular weight excluding hydrogens is 494 g/mol. The number of unbranched alkanes of at least 4 members (excludes halogenated alkanes) is 9. The lowest BCUT2D eigenvalue weighted by Crippen LogP contribution is -2.38. The zero-order chi connectivity index (χ0) is 30.2. The lowest BCUT2D eigenvalue weighted by molar-refractivity contribution is -0.155. The summed E-state index contributed by atoms with van der Waals surface area (Å²) in [5.74, 6) is -0.576. The van der Waals surface area contributed by atoms with E-state index in [0.717, 1.165) is 25.9 Å². The number of hydrogen-bond donors (Lipinski definition) is 1. The summed E-state index contributed by atoms with van der Waals surface area (Å²) in [4.78, 5) is 34.3. The Labute approximate surface area is 240 Å². The molecule has 0 aromatic carbocycles. The molecule has 0 spiro atoms. The van der Waals surface area contributed by atoms with Crippen LogP contribution in [-0.2, 0) is 28.6 Å². The van der Waals surface area contributed by atoms with E-state index in [1.54, 1.807) is 6.92 Å². The third-order valence-corrected chi connectivity index (χ3v) is 7.01. The summed E-state index contributed by atoms with van der Waals surface area (Å²) >= 11 is 0. The van der Waals surface area contributed by atoms with Crippen molar-refractivity contribution in [2.45, 2.75) is 132 Å². The van der Waals surface area contributed by atoms with Gasteiger partial charge in [-0.3, -0.25) is 9.59 Å². The fraction of sp³-hybridized carbons (Fsp3) is 0.844. The molecule has 0 aromatic heterocycles. The average molecular weight is 556 g/mol. The van der Waals surface area contributed by atoms with E-state index >= 15 is 0 Å². The molecule has 230 valence electrons. The summed E-state index contributed by atoms with van der Waals surface area (Å²) in [6.45, 7) is 21.0. The molecule has 1 N–H and O–H groups in total. The molecule has 0 aliphatic heterocycles. The number of rotatable bonds is 22. The molecule has 39 heavy (non-hydrogen) atoms. The second kappa shape index (κ2) is 24.0. The van der Waals surface area contributed by atoms with Crippen molar-refractivity contribution in [1.82, 2.24) is 5.32 Å². The molecule has 0 fully saturated rings. The van der Waals surface area contributed by atoms with Crippen LogP contribution in [0.15, 0.2) is 12.2 Å². The Morgan fingerprint density at radius 1 is 0.667 bits per heavy atom. The number of esters is 2. The molecule has 0 bridgehead atoms. The van der Waals surface area contributed by atoms with Gasteiger partial charge < -0.3 is 19.5 Å². The van der Waals surface area contributed by atoms with Crippen LogP contribution >= 0.6 is 0 Å². The minimum Gasteiger partial charge on any atom is -0.463 e. The van der Waals surface area contributed by atoms with Crippen molar-refractivity contribution in [2.75, 3.05) is 33.0 Å². The molecular formula is C32H61NO6. The van der Waals surface area contributed by atoms with Crippen molar-refractivity contribution < 1.29 is 28.6 Å². The molecule has 1 amide bonds. The second-order valence-electron chi connectivity index (χ2n) is 11.6. The van der Waals surface area contributed by atoms with Gasteiger partial charge in [0, 0.05) is 17.6 Å². The van der Waals surface area contributed by atoms with E-state index in [-0.39, 0.29) is 29.3 Å². The van der Waals surface area contributed by atoms with E-state index in [0.29, 0.717) is 25.3 Å². The highest BCUT2D eigenvalue weighted by Gasteiger charge is 2.27. The molecule has 0 radical (unpaired) electrons. The molecule has 0 aliphatic carbocycles. The first kappa shape index (κ1) is 39.3. The molecule has 0 saturated heterocycles. The maximum atomic E-state index is 11.7. The largest absolute Gasteiger partial charge is 0.463 e. The summed E-state index contributed by atoms with van der Waals surface area (Å²) in [6.07, 6.45) is 14.9. The van der Waals surface area contributed by atoms with Crippen LogP contribution in [-0.4, -0.2) is 50.8 Å². The van der Waals surface area contributed by atoms with Crippen LogP contribution in [0.1, 0.15) is 132 Å². The topological polar surface area (TPSA) is 90.9 Å². The predicted octanol–water partition coefficient (Wildman–Crippen LogP) is 7.56. The van der Waals surface area contributed by atoms with Crippen molar-refractivity contribution in [1.29, 1.82) is 0 Å². The highest BCUT2D eigenvalue weighted by molar-refractivity contribution is 5.87. The Balaban J connectivity index is 0. The summed E-state index contributed by atoms with van der Waals surface area (Å²) in [7, 11) is 0. The Morgan fingerprint density at radius 2 is 1.18 bits per heavy atom. The third-order valence-electron chi connectivity index (χ3n) is 7.01. The minimum absolute atomic E-state index is 0.0265. The van der Waals surface area contributed by atoms with Gasteiger partial charge in [0.15, 0.2) is 0 Å². The Hall–Kier alpha value is -1.89. The van der Waals surface area contributed by atoms with E-state index in [4.69, 9.17) is 14.2 Å². The lowest BCUT2D eigenvalue weighted by Gasteiger charge is -2.21. The van der Waals surface area contributed by atoms with Crippen molar-refractivity contribution in [3.63, 3.8) is 0 Å². The van der Waals surface area contributed by atoms with Crippen LogP contribution in [0.2, 0.25) is 0 Å². The van der Waals surface area contributed by atoms with Crippen LogP contribution in [0, 0.1) is 10.8 Å². The molecule has 0 aromatic rings. The SMILES string of the molecule is C=C(C)C(=O)OCCNC(=O)C(C)(C)CC.CCCCCCCCCCCCOCCOC(=O)C(C)(C)CC. The molecule has 0 aliphatic rings. The molecule has 0 atom stereocenters. The van der Waals surface area contributed by atoms with Gasteiger partial charge in [-0.1, -0.05) is 99.0 Å². The van der Waals surface area contributed by atoms with E-state index in [2.05, 4.69) is 18.8 Å². The Morgan fingerprint density at radius 3 is 1.67 bits per heavy atom. The molecule has 0 saturated carbocycles. The van der Waals surface area contributed by atoms with Gasteiger partial charge in [-0.2, -0.15) is 0 Å². The quantitative estimate of drug-likeness (QED) is 0.0842. The molecule has 0 heterocycles. The smallest absolute Gasteiger partial charge is 0.333 e. The lowest BCUT2D eigenvalue weighted by atomic mass is 9.89. The number of hydrogen-bond acceptors (Lipinski definition) is 6. The number of ether oxygens (including phenoxy) is 3. The van der Waals surface area contributed by atoms with Gasteiger partial charge in [-0.15, -0.1) is 0 Å².